The molecule has 3 nitrogen and oxygen atoms in total. The Hall–Kier alpha value is -2.00. The Morgan fingerprint density at radius 3 is 2.56 bits per heavy atom. The zero-order chi connectivity index (χ0) is 12.7. The Bertz CT molecular complexity index is 652. The monoisotopic (exact) mass is 258 g/mol. The molecule has 0 saturated carbocycles. The van der Waals surface area contributed by atoms with E-state index >= 15 is 0 Å². The standard InChI is InChI=1S/C14H11ClN2O/c1-8-2-4-11-10(6-8)14(18)17-13-7-9(15)3-5-12(13)16-11/h2-7,16H,1H3,(H,17,18). The molecule has 0 aliphatic carbocycles. The van der Waals surface area contributed by atoms with Gasteiger partial charge in [0.05, 0.1) is 22.6 Å². The number of rotatable bonds is 0. The van der Waals surface area contributed by atoms with Gasteiger partial charge in [0.2, 0.25) is 0 Å². The molecule has 2 aromatic rings. The van der Waals surface area contributed by atoms with Crippen molar-refractivity contribution in [3.8, 4) is 0 Å². The summed E-state index contributed by atoms with van der Waals surface area (Å²) in [7, 11) is 0. The summed E-state index contributed by atoms with van der Waals surface area (Å²) in [5, 5.41) is 6.70. The number of hydrogen-bond donors (Lipinski definition) is 2. The first-order chi connectivity index (χ1) is 8.63. The quantitative estimate of drug-likeness (QED) is 0.751. The normalized spacial score (nSPS) is 12.9. The van der Waals surface area contributed by atoms with Gasteiger partial charge < -0.3 is 10.6 Å². The number of benzene rings is 2. The maximum absolute atomic E-state index is 12.1. The molecule has 0 atom stereocenters. The third kappa shape index (κ3) is 1.83. The van der Waals surface area contributed by atoms with Gasteiger partial charge in [0.15, 0.2) is 0 Å². The van der Waals surface area contributed by atoms with Crippen LogP contribution in [0.2, 0.25) is 5.02 Å². The minimum Gasteiger partial charge on any atom is -0.353 e. The molecule has 1 amide bonds. The molecule has 3 rings (SSSR count). The SMILES string of the molecule is Cc1ccc2c(c1)C(=O)Nc1cc(Cl)ccc1N2. The summed E-state index contributed by atoms with van der Waals surface area (Å²) < 4.78 is 0. The van der Waals surface area contributed by atoms with Crippen LogP contribution in [0, 0.1) is 6.92 Å². The Kier molecular flexibility index (Phi) is 2.49. The van der Waals surface area contributed by atoms with Crippen LogP contribution in [0.1, 0.15) is 15.9 Å². The van der Waals surface area contributed by atoms with Crippen molar-refractivity contribution in [3.63, 3.8) is 0 Å². The number of halogens is 1. The molecule has 0 bridgehead atoms. The Morgan fingerprint density at radius 1 is 0.944 bits per heavy atom. The summed E-state index contributed by atoms with van der Waals surface area (Å²) in [6.45, 7) is 1.96. The zero-order valence-corrected chi connectivity index (χ0v) is 10.5. The molecule has 4 heteroatoms. The lowest BCUT2D eigenvalue weighted by Crippen LogP contribution is -2.10. The molecular weight excluding hydrogens is 248 g/mol. The highest BCUT2D eigenvalue weighted by molar-refractivity contribution is 6.31. The van der Waals surface area contributed by atoms with E-state index in [0.717, 1.165) is 16.9 Å². The van der Waals surface area contributed by atoms with Crippen molar-refractivity contribution in [1.82, 2.24) is 0 Å². The number of aryl methyl sites for hydroxylation is 1. The first kappa shape index (κ1) is 11.1. The van der Waals surface area contributed by atoms with Gasteiger partial charge >= 0.3 is 0 Å². The average Bonchev–Trinajstić information content (AvgIpc) is 2.46. The van der Waals surface area contributed by atoms with E-state index in [9.17, 15) is 4.79 Å². The predicted octanol–water partition coefficient (Wildman–Crippen LogP) is 3.96. The molecule has 1 aliphatic rings. The smallest absolute Gasteiger partial charge is 0.257 e. The van der Waals surface area contributed by atoms with Crippen LogP contribution in [0.4, 0.5) is 17.1 Å². The van der Waals surface area contributed by atoms with Gasteiger partial charge in [-0.3, -0.25) is 4.79 Å². The summed E-state index contributed by atoms with van der Waals surface area (Å²) in [4.78, 5) is 12.1. The molecule has 2 aromatic carbocycles. The van der Waals surface area contributed by atoms with Crippen LogP contribution in [-0.4, -0.2) is 5.91 Å². The van der Waals surface area contributed by atoms with Crippen LogP contribution in [0.25, 0.3) is 0 Å². The van der Waals surface area contributed by atoms with Gasteiger partial charge in [0.25, 0.3) is 5.91 Å². The summed E-state index contributed by atoms with van der Waals surface area (Å²) in [5.74, 6) is -0.123. The molecule has 18 heavy (non-hydrogen) atoms. The van der Waals surface area contributed by atoms with Gasteiger partial charge in [-0.1, -0.05) is 23.2 Å². The van der Waals surface area contributed by atoms with Crippen molar-refractivity contribution < 1.29 is 4.79 Å². The van der Waals surface area contributed by atoms with E-state index in [2.05, 4.69) is 10.6 Å². The first-order valence-corrected chi connectivity index (χ1v) is 6.00. The van der Waals surface area contributed by atoms with Crippen molar-refractivity contribution in [2.45, 2.75) is 6.92 Å². The van der Waals surface area contributed by atoms with E-state index in [4.69, 9.17) is 11.6 Å². The molecule has 1 aliphatic heterocycles. The first-order valence-electron chi connectivity index (χ1n) is 5.62. The van der Waals surface area contributed by atoms with E-state index in [1.165, 1.54) is 0 Å². The topological polar surface area (TPSA) is 41.1 Å². The maximum atomic E-state index is 12.1. The van der Waals surface area contributed by atoms with Crippen LogP contribution in [-0.2, 0) is 0 Å². The summed E-state index contributed by atoms with van der Waals surface area (Å²) in [5.41, 5.74) is 4.04. The van der Waals surface area contributed by atoms with Crippen molar-refractivity contribution in [1.29, 1.82) is 0 Å². The fourth-order valence-corrected chi connectivity index (χ4v) is 2.19. The highest BCUT2D eigenvalue weighted by Gasteiger charge is 2.18. The van der Waals surface area contributed by atoms with E-state index < -0.39 is 0 Å². The highest BCUT2D eigenvalue weighted by Crippen LogP contribution is 2.33. The third-order valence-electron chi connectivity index (χ3n) is 2.92. The molecule has 0 unspecified atom stereocenters. The van der Waals surface area contributed by atoms with Crippen LogP contribution in [0.5, 0.6) is 0 Å². The number of carbonyl (C=O) groups excluding carboxylic acids is 1. The fourth-order valence-electron chi connectivity index (χ4n) is 2.02. The second-order valence-corrected chi connectivity index (χ2v) is 4.75. The lowest BCUT2D eigenvalue weighted by molar-refractivity contribution is 0.102. The maximum Gasteiger partial charge on any atom is 0.257 e. The Labute approximate surface area is 110 Å². The van der Waals surface area contributed by atoms with Crippen molar-refractivity contribution in [2.75, 3.05) is 10.6 Å². The molecule has 0 radical (unpaired) electrons. The molecule has 0 fully saturated rings. The second kappa shape index (κ2) is 4.03. The number of anilines is 3. The lowest BCUT2D eigenvalue weighted by Gasteiger charge is -2.08. The van der Waals surface area contributed by atoms with Gasteiger partial charge in [-0.05, 0) is 37.3 Å². The number of nitrogens with one attached hydrogen (secondary N) is 2. The van der Waals surface area contributed by atoms with E-state index in [1.54, 1.807) is 12.1 Å². The average molecular weight is 259 g/mol. The van der Waals surface area contributed by atoms with Crippen molar-refractivity contribution in [2.24, 2.45) is 0 Å². The molecular formula is C14H11ClN2O. The van der Waals surface area contributed by atoms with Gasteiger partial charge in [-0.15, -0.1) is 0 Å². The van der Waals surface area contributed by atoms with Crippen LogP contribution in [0.15, 0.2) is 36.4 Å². The fraction of sp³-hybridized carbons (Fsp3) is 0.0714. The van der Waals surface area contributed by atoms with Gasteiger partial charge in [-0.25, -0.2) is 0 Å². The molecule has 2 N–H and O–H groups in total. The minimum absolute atomic E-state index is 0.123. The lowest BCUT2D eigenvalue weighted by atomic mass is 10.1. The highest BCUT2D eigenvalue weighted by atomic mass is 35.5. The molecule has 0 aromatic heterocycles. The number of hydrogen-bond acceptors (Lipinski definition) is 2. The molecule has 1 heterocycles. The summed E-state index contributed by atoms with van der Waals surface area (Å²) in [6, 6.07) is 11.1. The second-order valence-electron chi connectivity index (χ2n) is 4.32. The Balaban J connectivity index is 2.16. The largest absolute Gasteiger partial charge is 0.353 e. The number of amides is 1. The zero-order valence-electron chi connectivity index (χ0n) is 9.75. The van der Waals surface area contributed by atoms with Crippen LogP contribution < -0.4 is 10.6 Å². The number of carbonyl (C=O) groups is 1. The van der Waals surface area contributed by atoms with E-state index in [1.807, 2.05) is 31.2 Å². The molecule has 90 valence electrons. The third-order valence-corrected chi connectivity index (χ3v) is 3.15. The molecule has 0 spiro atoms. The van der Waals surface area contributed by atoms with Crippen molar-refractivity contribution in [3.05, 3.63) is 52.5 Å². The minimum atomic E-state index is -0.123. The van der Waals surface area contributed by atoms with E-state index in [0.29, 0.717) is 16.3 Å². The van der Waals surface area contributed by atoms with Gasteiger partial charge in [0, 0.05) is 5.02 Å². The van der Waals surface area contributed by atoms with Crippen molar-refractivity contribution >= 4 is 34.6 Å². The van der Waals surface area contributed by atoms with Gasteiger partial charge in [0.1, 0.15) is 0 Å². The predicted molar refractivity (Wildman–Crippen MR) is 73.9 cm³/mol. The summed E-state index contributed by atoms with van der Waals surface area (Å²) in [6.07, 6.45) is 0. The molecule has 0 saturated heterocycles. The number of fused-ring (bicyclic) bond motifs is 2. The summed E-state index contributed by atoms with van der Waals surface area (Å²) >= 11 is 5.94. The van der Waals surface area contributed by atoms with Crippen LogP contribution >= 0.6 is 11.6 Å². The Morgan fingerprint density at radius 2 is 1.72 bits per heavy atom. The van der Waals surface area contributed by atoms with Crippen LogP contribution in [0.3, 0.4) is 0 Å². The van der Waals surface area contributed by atoms with E-state index in [-0.39, 0.29) is 5.91 Å². The van der Waals surface area contributed by atoms with Gasteiger partial charge in [-0.2, -0.15) is 0 Å².